The predicted molar refractivity (Wildman–Crippen MR) is 86.4 cm³/mol. The number of halogens is 1. The van der Waals surface area contributed by atoms with Crippen molar-refractivity contribution in [3.8, 4) is 5.69 Å². The molecule has 0 spiro atoms. The first-order valence-corrected chi connectivity index (χ1v) is 7.43. The van der Waals surface area contributed by atoms with Gasteiger partial charge < -0.3 is 10.1 Å². The van der Waals surface area contributed by atoms with Gasteiger partial charge in [-0.2, -0.15) is 5.10 Å². The lowest BCUT2D eigenvalue weighted by Gasteiger charge is -2.11. The van der Waals surface area contributed by atoms with Crippen LogP contribution in [0.2, 0.25) is 5.02 Å². The number of hydrogen-bond acceptors (Lipinski definition) is 3. The van der Waals surface area contributed by atoms with Gasteiger partial charge in [-0.15, -0.1) is 0 Å². The second-order valence-electron chi connectivity index (χ2n) is 5.19. The van der Waals surface area contributed by atoms with Crippen molar-refractivity contribution in [1.82, 2.24) is 15.1 Å². The van der Waals surface area contributed by atoms with Crippen LogP contribution < -0.4 is 5.32 Å². The van der Waals surface area contributed by atoms with Crippen LogP contribution in [-0.4, -0.2) is 30.0 Å². The maximum atomic E-state index is 6.22. The molecule has 0 amide bonds. The normalized spacial score (nSPS) is 11.1. The minimum atomic E-state index is 0.724. The largest absolute Gasteiger partial charge is 0.383 e. The monoisotopic (exact) mass is 307 g/mol. The van der Waals surface area contributed by atoms with E-state index in [1.54, 1.807) is 7.11 Å². The molecule has 0 unspecified atom stereocenters. The van der Waals surface area contributed by atoms with Crippen molar-refractivity contribution in [2.45, 2.75) is 27.3 Å². The minimum absolute atomic E-state index is 0.724. The van der Waals surface area contributed by atoms with Crippen LogP contribution in [-0.2, 0) is 11.3 Å². The highest BCUT2D eigenvalue weighted by molar-refractivity contribution is 6.31. The van der Waals surface area contributed by atoms with E-state index in [1.165, 1.54) is 11.1 Å². The van der Waals surface area contributed by atoms with E-state index < -0.39 is 0 Å². The van der Waals surface area contributed by atoms with Crippen molar-refractivity contribution >= 4 is 11.6 Å². The number of aromatic nitrogens is 2. The number of benzene rings is 1. The average molecular weight is 308 g/mol. The molecule has 0 atom stereocenters. The summed E-state index contributed by atoms with van der Waals surface area (Å²) in [5.74, 6) is 0. The molecule has 0 aliphatic heterocycles. The number of methoxy groups -OCH3 is 1. The molecule has 1 aromatic heterocycles. The van der Waals surface area contributed by atoms with Gasteiger partial charge >= 0.3 is 0 Å². The molecule has 0 saturated heterocycles. The first kappa shape index (κ1) is 16.0. The average Bonchev–Trinajstić information content (AvgIpc) is 2.71. The Kier molecular flexibility index (Phi) is 5.39. The summed E-state index contributed by atoms with van der Waals surface area (Å²) < 4.78 is 6.93. The van der Waals surface area contributed by atoms with E-state index >= 15 is 0 Å². The molecule has 1 heterocycles. The standard InChI is InChI=1S/C16H22ClN3O/c1-11-9-14(10-18-7-8-21-4)5-6-15(11)20-13(3)16(17)12(2)19-20/h5-6,9,18H,7-8,10H2,1-4H3. The van der Waals surface area contributed by atoms with Gasteiger partial charge in [-0.1, -0.05) is 23.7 Å². The predicted octanol–water partition coefficient (Wildman–Crippen LogP) is 3.19. The zero-order valence-electron chi connectivity index (χ0n) is 13.0. The Balaban J connectivity index is 2.17. The third-order valence-corrected chi connectivity index (χ3v) is 4.05. The first-order valence-electron chi connectivity index (χ1n) is 7.06. The van der Waals surface area contributed by atoms with Crippen molar-refractivity contribution in [2.24, 2.45) is 0 Å². The number of nitrogens with zero attached hydrogens (tertiary/aromatic N) is 2. The van der Waals surface area contributed by atoms with Gasteiger partial charge in [-0.05, 0) is 38.0 Å². The summed E-state index contributed by atoms with van der Waals surface area (Å²) in [6, 6.07) is 6.39. The molecule has 0 fully saturated rings. The third kappa shape index (κ3) is 3.64. The third-order valence-electron chi connectivity index (χ3n) is 3.50. The Labute approximate surface area is 131 Å². The highest BCUT2D eigenvalue weighted by atomic mass is 35.5. The molecule has 4 nitrogen and oxygen atoms in total. The second kappa shape index (κ2) is 7.07. The molecule has 0 aliphatic carbocycles. The lowest BCUT2D eigenvalue weighted by atomic mass is 10.1. The van der Waals surface area contributed by atoms with E-state index in [0.717, 1.165) is 41.8 Å². The molecule has 5 heteroatoms. The second-order valence-corrected chi connectivity index (χ2v) is 5.56. The highest BCUT2D eigenvalue weighted by Gasteiger charge is 2.12. The summed E-state index contributed by atoms with van der Waals surface area (Å²) in [5.41, 5.74) is 5.34. The fraction of sp³-hybridized carbons (Fsp3) is 0.438. The van der Waals surface area contributed by atoms with Crippen molar-refractivity contribution in [2.75, 3.05) is 20.3 Å². The maximum Gasteiger partial charge on any atom is 0.0848 e. The lowest BCUT2D eigenvalue weighted by molar-refractivity contribution is 0.199. The number of hydrogen-bond donors (Lipinski definition) is 1. The summed E-state index contributed by atoms with van der Waals surface area (Å²) in [5, 5.41) is 8.59. The van der Waals surface area contributed by atoms with Gasteiger partial charge in [-0.25, -0.2) is 4.68 Å². The molecular formula is C16H22ClN3O. The SMILES string of the molecule is COCCNCc1ccc(-n2nc(C)c(Cl)c2C)c(C)c1. The van der Waals surface area contributed by atoms with Gasteiger partial charge in [0.2, 0.25) is 0 Å². The Bertz CT molecular complexity index is 622. The van der Waals surface area contributed by atoms with Crippen LogP contribution in [0, 0.1) is 20.8 Å². The van der Waals surface area contributed by atoms with E-state index in [1.807, 2.05) is 18.5 Å². The van der Waals surface area contributed by atoms with Crippen LogP contribution in [0.4, 0.5) is 0 Å². The maximum absolute atomic E-state index is 6.22. The summed E-state index contributed by atoms with van der Waals surface area (Å²) in [4.78, 5) is 0. The molecule has 114 valence electrons. The molecule has 1 N–H and O–H groups in total. The van der Waals surface area contributed by atoms with Gasteiger partial charge in [0.15, 0.2) is 0 Å². The topological polar surface area (TPSA) is 39.1 Å². The summed E-state index contributed by atoms with van der Waals surface area (Å²) in [6.07, 6.45) is 0. The van der Waals surface area contributed by atoms with Gasteiger partial charge in [-0.3, -0.25) is 0 Å². The molecule has 0 bridgehead atoms. The number of nitrogens with one attached hydrogen (secondary N) is 1. The molecular weight excluding hydrogens is 286 g/mol. The van der Waals surface area contributed by atoms with E-state index in [9.17, 15) is 0 Å². The van der Waals surface area contributed by atoms with E-state index in [0.29, 0.717) is 0 Å². The Morgan fingerprint density at radius 2 is 2.05 bits per heavy atom. The summed E-state index contributed by atoms with van der Waals surface area (Å²) in [7, 11) is 1.71. The Hall–Kier alpha value is -1.36. The Morgan fingerprint density at radius 1 is 1.29 bits per heavy atom. The van der Waals surface area contributed by atoms with E-state index in [-0.39, 0.29) is 0 Å². The van der Waals surface area contributed by atoms with Crippen molar-refractivity contribution in [3.05, 3.63) is 45.7 Å². The van der Waals surface area contributed by atoms with Gasteiger partial charge in [0.1, 0.15) is 0 Å². The first-order chi connectivity index (χ1) is 10.0. The molecule has 2 rings (SSSR count). The Morgan fingerprint density at radius 3 is 2.62 bits per heavy atom. The number of rotatable bonds is 6. The molecule has 0 aliphatic rings. The zero-order valence-corrected chi connectivity index (χ0v) is 13.8. The van der Waals surface area contributed by atoms with Crippen LogP contribution in [0.5, 0.6) is 0 Å². The number of ether oxygens (including phenoxy) is 1. The lowest BCUT2D eigenvalue weighted by Crippen LogP contribution is -2.18. The number of aryl methyl sites for hydroxylation is 2. The van der Waals surface area contributed by atoms with Crippen LogP contribution in [0.1, 0.15) is 22.5 Å². The fourth-order valence-electron chi connectivity index (χ4n) is 2.33. The van der Waals surface area contributed by atoms with Crippen LogP contribution in [0.25, 0.3) is 5.69 Å². The van der Waals surface area contributed by atoms with Crippen LogP contribution >= 0.6 is 11.6 Å². The summed E-state index contributed by atoms with van der Waals surface area (Å²) in [6.45, 7) is 8.42. The van der Waals surface area contributed by atoms with Gasteiger partial charge in [0, 0.05) is 20.2 Å². The van der Waals surface area contributed by atoms with Gasteiger partial charge in [0.25, 0.3) is 0 Å². The molecule has 0 saturated carbocycles. The van der Waals surface area contributed by atoms with Crippen molar-refractivity contribution in [1.29, 1.82) is 0 Å². The van der Waals surface area contributed by atoms with Crippen LogP contribution in [0.3, 0.4) is 0 Å². The smallest absolute Gasteiger partial charge is 0.0848 e. The molecule has 0 radical (unpaired) electrons. The fourth-order valence-corrected chi connectivity index (χ4v) is 2.45. The van der Waals surface area contributed by atoms with Crippen LogP contribution in [0.15, 0.2) is 18.2 Å². The zero-order chi connectivity index (χ0) is 15.4. The molecule has 1 aromatic carbocycles. The minimum Gasteiger partial charge on any atom is -0.383 e. The molecule has 21 heavy (non-hydrogen) atoms. The summed E-state index contributed by atoms with van der Waals surface area (Å²) >= 11 is 6.22. The highest BCUT2D eigenvalue weighted by Crippen LogP contribution is 2.24. The molecule has 2 aromatic rings. The van der Waals surface area contributed by atoms with Crippen molar-refractivity contribution in [3.63, 3.8) is 0 Å². The quantitative estimate of drug-likeness (QED) is 0.833. The van der Waals surface area contributed by atoms with E-state index in [4.69, 9.17) is 16.3 Å². The van der Waals surface area contributed by atoms with E-state index in [2.05, 4.69) is 35.5 Å². The van der Waals surface area contributed by atoms with Gasteiger partial charge in [0.05, 0.1) is 28.7 Å². The van der Waals surface area contributed by atoms with Crippen molar-refractivity contribution < 1.29 is 4.74 Å².